The predicted molar refractivity (Wildman–Crippen MR) is 90.9 cm³/mol. The standard InChI is InChI=1S/C16H27N3O3.ClH/c1-11(9-14-12(2)19-22-13(14)3)18-15(20)16(10-21-4)5-7-17-8-6-16;/h11,17H,5-10H2,1-4H3,(H,18,20);1H. The van der Waals surface area contributed by atoms with Crippen LogP contribution in [0.1, 0.15) is 36.8 Å². The minimum Gasteiger partial charge on any atom is -0.384 e. The molecule has 0 spiro atoms. The monoisotopic (exact) mass is 345 g/mol. The van der Waals surface area contributed by atoms with E-state index in [1.807, 2.05) is 20.8 Å². The van der Waals surface area contributed by atoms with Crippen LogP contribution in [0.3, 0.4) is 0 Å². The second-order valence-corrected chi connectivity index (χ2v) is 6.34. The van der Waals surface area contributed by atoms with Gasteiger partial charge in [0.2, 0.25) is 5.91 Å². The summed E-state index contributed by atoms with van der Waals surface area (Å²) in [6.07, 6.45) is 2.35. The van der Waals surface area contributed by atoms with Crippen molar-refractivity contribution in [1.82, 2.24) is 15.8 Å². The van der Waals surface area contributed by atoms with Crippen LogP contribution in [0.25, 0.3) is 0 Å². The summed E-state index contributed by atoms with van der Waals surface area (Å²) >= 11 is 0. The van der Waals surface area contributed by atoms with Crippen LogP contribution >= 0.6 is 12.4 Å². The van der Waals surface area contributed by atoms with Crippen molar-refractivity contribution in [2.75, 3.05) is 26.8 Å². The van der Waals surface area contributed by atoms with Crippen LogP contribution in [0.2, 0.25) is 0 Å². The Labute approximate surface area is 144 Å². The van der Waals surface area contributed by atoms with Gasteiger partial charge < -0.3 is 19.9 Å². The van der Waals surface area contributed by atoms with E-state index >= 15 is 0 Å². The van der Waals surface area contributed by atoms with Gasteiger partial charge in [-0.05, 0) is 53.1 Å². The van der Waals surface area contributed by atoms with E-state index in [0.29, 0.717) is 6.61 Å². The summed E-state index contributed by atoms with van der Waals surface area (Å²) in [6, 6.07) is 0.0351. The van der Waals surface area contributed by atoms with Crippen molar-refractivity contribution < 1.29 is 14.1 Å². The number of hydrogen-bond donors (Lipinski definition) is 2. The van der Waals surface area contributed by atoms with E-state index < -0.39 is 5.41 Å². The van der Waals surface area contributed by atoms with Gasteiger partial charge >= 0.3 is 0 Å². The Kier molecular flexibility index (Phi) is 7.51. The van der Waals surface area contributed by atoms with Crippen molar-refractivity contribution in [1.29, 1.82) is 0 Å². The van der Waals surface area contributed by atoms with Gasteiger partial charge in [0.1, 0.15) is 5.76 Å². The molecule has 1 aliphatic rings. The van der Waals surface area contributed by atoms with Crippen LogP contribution in [0.4, 0.5) is 0 Å². The third-order valence-electron chi connectivity index (χ3n) is 4.53. The van der Waals surface area contributed by atoms with Gasteiger partial charge in [-0.1, -0.05) is 5.16 Å². The number of hydrogen-bond acceptors (Lipinski definition) is 5. The Morgan fingerprint density at radius 3 is 2.61 bits per heavy atom. The highest BCUT2D eigenvalue weighted by atomic mass is 35.5. The Hall–Kier alpha value is -1.11. The molecule has 0 saturated carbocycles. The molecule has 1 aromatic heterocycles. The molecule has 1 aliphatic heterocycles. The van der Waals surface area contributed by atoms with Crippen molar-refractivity contribution in [3.8, 4) is 0 Å². The number of methoxy groups -OCH3 is 1. The fourth-order valence-electron chi connectivity index (χ4n) is 3.15. The molecular formula is C16H28ClN3O3. The fourth-order valence-corrected chi connectivity index (χ4v) is 3.15. The van der Waals surface area contributed by atoms with Crippen molar-refractivity contribution in [2.24, 2.45) is 5.41 Å². The third-order valence-corrected chi connectivity index (χ3v) is 4.53. The molecule has 1 amide bonds. The van der Waals surface area contributed by atoms with E-state index in [2.05, 4.69) is 15.8 Å². The highest BCUT2D eigenvalue weighted by Crippen LogP contribution is 2.29. The second kappa shape index (κ2) is 8.66. The van der Waals surface area contributed by atoms with E-state index in [1.54, 1.807) is 7.11 Å². The van der Waals surface area contributed by atoms with Crippen LogP contribution in [-0.4, -0.2) is 43.9 Å². The molecule has 2 rings (SSSR count). The maximum Gasteiger partial charge on any atom is 0.228 e. The summed E-state index contributed by atoms with van der Waals surface area (Å²) in [4.78, 5) is 12.8. The second-order valence-electron chi connectivity index (χ2n) is 6.34. The average molecular weight is 346 g/mol. The van der Waals surface area contributed by atoms with Gasteiger partial charge in [0.05, 0.1) is 17.7 Å². The lowest BCUT2D eigenvalue weighted by Crippen LogP contribution is -2.52. The number of piperidine rings is 1. The fraction of sp³-hybridized carbons (Fsp3) is 0.750. The van der Waals surface area contributed by atoms with E-state index in [-0.39, 0.29) is 24.4 Å². The minimum atomic E-state index is -0.410. The molecular weight excluding hydrogens is 318 g/mol. The number of rotatable bonds is 6. The number of aryl methyl sites for hydroxylation is 2. The summed E-state index contributed by atoms with van der Waals surface area (Å²) in [5.41, 5.74) is 1.57. The van der Waals surface area contributed by atoms with Gasteiger partial charge in [-0.2, -0.15) is 0 Å². The van der Waals surface area contributed by atoms with E-state index in [9.17, 15) is 4.79 Å². The Bertz CT molecular complexity index is 488. The number of carbonyl (C=O) groups is 1. The number of nitrogens with zero attached hydrogens (tertiary/aromatic N) is 1. The first kappa shape index (κ1) is 19.9. The van der Waals surface area contributed by atoms with Crippen molar-refractivity contribution in [2.45, 2.75) is 46.1 Å². The van der Waals surface area contributed by atoms with Crippen LogP contribution in [0, 0.1) is 19.3 Å². The Morgan fingerprint density at radius 2 is 2.09 bits per heavy atom. The Morgan fingerprint density at radius 1 is 1.43 bits per heavy atom. The van der Waals surface area contributed by atoms with E-state index in [4.69, 9.17) is 9.26 Å². The maximum absolute atomic E-state index is 12.8. The molecule has 2 N–H and O–H groups in total. The van der Waals surface area contributed by atoms with Gasteiger partial charge in [-0.3, -0.25) is 4.79 Å². The first-order valence-electron chi connectivity index (χ1n) is 7.91. The zero-order valence-corrected chi connectivity index (χ0v) is 15.2. The molecule has 6 nitrogen and oxygen atoms in total. The summed E-state index contributed by atoms with van der Waals surface area (Å²) in [5.74, 6) is 0.919. The van der Waals surface area contributed by atoms with Crippen molar-refractivity contribution in [3.63, 3.8) is 0 Å². The summed E-state index contributed by atoms with van der Waals surface area (Å²) in [6.45, 7) is 8.04. The molecule has 23 heavy (non-hydrogen) atoms. The van der Waals surface area contributed by atoms with Gasteiger partial charge in [0, 0.05) is 18.7 Å². The van der Waals surface area contributed by atoms with Gasteiger partial charge in [0.25, 0.3) is 0 Å². The number of carbonyl (C=O) groups excluding carboxylic acids is 1. The molecule has 1 unspecified atom stereocenters. The quantitative estimate of drug-likeness (QED) is 0.821. The summed E-state index contributed by atoms with van der Waals surface area (Å²) < 4.78 is 10.5. The molecule has 1 saturated heterocycles. The van der Waals surface area contributed by atoms with E-state index in [1.165, 1.54) is 0 Å². The first-order chi connectivity index (χ1) is 10.5. The molecule has 2 heterocycles. The number of aromatic nitrogens is 1. The smallest absolute Gasteiger partial charge is 0.228 e. The zero-order chi connectivity index (χ0) is 16.2. The van der Waals surface area contributed by atoms with Gasteiger partial charge in [0.15, 0.2) is 0 Å². The highest BCUT2D eigenvalue weighted by molar-refractivity contribution is 5.85. The zero-order valence-electron chi connectivity index (χ0n) is 14.4. The molecule has 0 radical (unpaired) electrons. The summed E-state index contributed by atoms with van der Waals surface area (Å²) in [7, 11) is 1.66. The van der Waals surface area contributed by atoms with Crippen LogP contribution in [-0.2, 0) is 16.0 Å². The topological polar surface area (TPSA) is 76.4 Å². The molecule has 1 fully saturated rings. The van der Waals surface area contributed by atoms with Gasteiger partial charge in [-0.15, -0.1) is 12.4 Å². The lowest BCUT2D eigenvalue weighted by atomic mass is 9.78. The van der Waals surface area contributed by atoms with E-state index in [0.717, 1.165) is 49.4 Å². The number of halogens is 1. The lowest BCUT2D eigenvalue weighted by molar-refractivity contribution is -0.136. The normalized spacial score (nSPS) is 18.1. The third kappa shape index (κ3) is 4.68. The number of nitrogens with one attached hydrogen (secondary N) is 2. The van der Waals surface area contributed by atoms with Crippen molar-refractivity contribution >= 4 is 18.3 Å². The maximum atomic E-state index is 12.8. The Balaban J connectivity index is 0.00000264. The molecule has 1 aromatic rings. The van der Waals surface area contributed by atoms with Crippen molar-refractivity contribution in [3.05, 3.63) is 17.0 Å². The highest BCUT2D eigenvalue weighted by Gasteiger charge is 2.40. The SMILES string of the molecule is COCC1(C(=O)NC(C)Cc2c(C)noc2C)CCNCC1.Cl. The predicted octanol–water partition coefficient (Wildman–Crippen LogP) is 1.78. The van der Waals surface area contributed by atoms with Crippen LogP contribution < -0.4 is 10.6 Å². The molecule has 7 heteroatoms. The lowest BCUT2D eigenvalue weighted by Gasteiger charge is -2.36. The minimum absolute atomic E-state index is 0. The summed E-state index contributed by atoms with van der Waals surface area (Å²) in [5, 5.41) is 10.4. The number of ether oxygens (including phenoxy) is 1. The molecule has 0 aromatic carbocycles. The first-order valence-corrected chi connectivity index (χ1v) is 7.91. The molecule has 0 bridgehead atoms. The molecule has 0 aliphatic carbocycles. The van der Waals surface area contributed by atoms with Gasteiger partial charge in [-0.25, -0.2) is 0 Å². The average Bonchev–Trinajstić information content (AvgIpc) is 2.80. The van der Waals surface area contributed by atoms with Crippen LogP contribution in [0.5, 0.6) is 0 Å². The largest absolute Gasteiger partial charge is 0.384 e. The number of amides is 1. The van der Waals surface area contributed by atoms with Crippen LogP contribution in [0.15, 0.2) is 4.52 Å². The molecule has 1 atom stereocenters. The molecule has 132 valence electrons.